The molecule has 4 aliphatic carbocycles. The van der Waals surface area contributed by atoms with E-state index in [1.54, 1.807) is 6.92 Å². The molecule has 0 aromatic heterocycles. The molecule has 0 spiro atoms. The number of carbonyl (C=O) groups is 1. The molecule has 1 saturated heterocycles. The van der Waals surface area contributed by atoms with Crippen LogP contribution in [0.2, 0.25) is 0 Å². The Bertz CT molecular complexity index is 804. The number of rotatable bonds is 8. The second-order valence-corrected chi connectivity index (χ2v) is 15.2. The molecule has 11 atom stereocenters. The van der Waals surface area contributed by atoms with E-state index in [2.05, 4.69) is 34.6 Å². The average molecular weight is 531 g/mol. The van der Waals surface area contributed by atoms with Gasteiger partial charge in [0.25, 0.3) is 0 Å². The standard InChI is InChI=1S/C34H58O4/c1-22(2)31(37-24(4)35)15-10-23(3)28-13-14-29-27-12-11-25-21-26(38-32-9-7-8-20-36-32)16-18-33(25,5)30(27)17-19-34(28,29)6/h22-23,25-32H,7-21H2,1-6H3/t23-,25-,26-,27+,28-,29+,30+,31+,32?,33+,34-/m1/s1. The maximum atomic E-state index is 11.6. The summed E-state index contributed by atoms with van der Waals surface area (Å²) in [5.74, 6) is 5.37. The highest BCUT2D eigenvalue weighted by atomic mass is 16.7. The van der Waals surface area contributed by atoms with Crippen LogP contribution < -0.4 is 0 Å². The molecule has 38 heavy (non-hydrogen) atoms. The Hall–Kier alpha value is -0.610. The minimum atomic E-state index is -0.130. The molecule has 1 heterocycles. The molecular weight excluding hydrogens is 472 g/mol. The van der Waals surface area contributed by atoms with Crippen LogP contribution in [0.5, 0.6) is 0 Å². The molecule has 5 aliphatic rings. The van der Waals surface area contributed by atoms with Gasteiger partial charge in [-0.2, -0.15) is 0 Å². The van der Waals surface area contributed by atoms with Gasteiger partial charge >= 0.3 is 5.97 Å². The minimum Gasteiger partial charge on any atom is -0.462 e. The quantitative estimate of drug-likeness (QED) is 0.233. The third-order valence-corrected chi connectivity index (χ3v) is 12.8. The first-order chi connectivity index (χ1) is 18.1. The first kappa shape index (κ1) is 28.9. The van der Waals surface area contributed by atoms with E-state index in [1.165, 1.54) is 77.0 Å². The molecule has 0 N–H and O–H groups in total. The summed E-state index contributed by atoms with van der Waals surface area (Å²) in [6.07, 6.45) is 18.7. The van der Waals surface area contributed by atoms with Crippen molar-refractivity contribution in [2.24, 2.45) is 52.3 Å². The van der Waals surface area contributed by atoms with Crippen molar-refractivity contribution < 1.29 is 19.0 Å². The molecule has 4 nitrogen and oxygen atoms in total. The summed E-state index contributed by atoms with van der Waals surface area (Å²) in [6.45, 7) is 14.7. The maximum absolute atomic E-state index is 11.6. The van der Waals surface area contributed by atoms with Crippen molar-refractivity contribution in [3.8, 4) is 0 Å². The van der Waals surface area contributed by atoms with Crippen LogP contribution in [0.15, 0.2) is 0 Å². The van der Waals surface area contributed by atoms with Crippen LogP contribution in [-0.4, -0.2) is 31.1 Å². The van der Waals surface area contributed by atoms with Crippen molar-refractivity contribution in [3.05, 3.63) is 0 Å². The highest BCUT2D eigenvalue weighted by Crippen LogP contribution is 2.68. The maximum Gasteiger partial charge on any atom is 0.302 e. The van der Waals surface area contributed by atoms with E-state index in [1.807, 2.05) is 0 Å². The number of hydrogen-bond donors (Lipinski definition) is 0. The van der Waals surface area contributed by atoms with Crippen LogP contribution in [0.3, 0.4) is 0 Å². The fourth-order valence-corrected chi connectivity index (χ4v) is 10.7. The Balaban J connectivity index is 1.20. The molecule has 0 radical (unpaired) electrons. The van der Waals surface area contributed by atoms with Crippen LogP contribution in [0, 0.1) is 52.3 Å². The molecule has 0 bridgehead atoms. The van der Waals surface area contributed by atoms with Crippen LogP contribution in [0.1, 0.15) is 131 Å². The van der Waals surface area contributed by atoms with Gasteiger partial charge in [0, 0.05) is 13.5 Å². The molecule has 4 saturated carbocycles. The smallest absolute Gasteiger partial charge is 0.302 e. The lowest BCUT2D eigenvalue weighted by atomic mass is 9.44. The molecule has 0 aromatic rings. The zero-order valence-electron chi connectivity index (χ0n) is 25.5. The SMILES string of the molecule is CC(=O)O[C@@H](CC[C@@H](C)[C@H]1CC[C@H]2[C@@H]3CC[C@@H]4C[C@H](OC5CCCCO5)CC[C@]4(C)[C@H]3CC[C@]12C)C(C)C. The van der Waals surface area contributed by atoms with Crippen LogP contribution in [0.25, 0.3) is 0 Å². The summed E-state index contributed by atoms with van der Waals surface area (Å²) >= 11 is 0. The molecule has 5 fully saturated rings. The fourth-order valence-electron chi connectivity index (χ4n) is 10.7. The number of fused-ring (bicyclic) bond motifs is 5. The average Bonchev–Trinajstić information content (AvgIpc) is 3.24. The van der Waals surface area contributed by atoms with Gasteiger partial charge in [-0.15, -0.1) is 0 Å². The van der Waals surface area contributed by atoms with Gasteiger partial charge in [-0.25, -0.2) is 0 Å². The third kappa shape index (κ3) is 5.61. The van der Waals surface area contributed by atoms with Crippen LogP contribution in [-0.2, 0) is 19.0 Å². The molecule has 218 valence electrons. The lowest BCUT2D eigenvalue weighted by Gasteiger charge is -2.61. The lowest BCUT2D eigenvalue weighted by Crippen LogP contribution is -2.54. The normalized spacial score (nSPS) is 44.6. The predicted molar refractivity (Wildman–Crippen MR) is 152 cm³/mol. The second kappa shape index (κ2) is 11.7. The Kier molecular flexibility index (Phi) is 8.91. The lowest BCUT2D eigenvalue weighted by molar-refractivity contribution is -0.212. The van der Waals surface area contributed by atoms with E-state index in [9.17, 15) is 4.79 Å². The highest BCUT2D eigenvalue weighted by molar-refractivity contribution is 5.66. The topological polar surface area (TPSA) is 44.8 Å². The van der Waals surface area contributed by atoms with Crippen molar-refractivity contribution in [1.82, 2.24) is 0 Å². The molecule has 5 rings (SSSR count). The van der Waals surface area contributed by atoms with E-state index in [4.69, 9.17) is 14.2 Å². The van der Waals surface area contributed by atoms with Gasteiger partial charge in [-0.3, -0.25) is 4.79 Å². The zero-order chi connectivity index (χ0) is 27.1. The fraction of sp³-hybridized carbons (Fsp3) is 0.971. The number of ether oxygens (including phenoxy) is 3. The minimum absolute atomic E-state index is 0.0621. The summed E-state index contributed by atoms with van der Waals surface area (Å²) in [7, 11) is 0. The first-order valence-corrected chi connectivity index (χ1v) is 16.6. The Morgan fingerprint density at radius 3 is 2.37 bits per heavy atom. The third-order valence-electron chi connectivity index (χ3n) is 12.8. The van der Waals surface area contributed by atoms with E-state index < -0.39 is 0 Å². The van der Waals surface area contributed by atoms with Gasteiger partial charge in [-0.1, -0.05) is 34.6 Å². The van der Waals surface area contributed by atoms with E-state index in [0.717, 1.165) is 49.0 Å². The molecule has 0 amide bonds. The summed E-state index contributed by atoms with van der Waals surface area (Å²) in [4.78, 5) is 11.6. The Morgan fingerprint density at radius 1 is 0.895 bits per heavy atom. The van der Waals surface area contributed by atoms with E-state index >= 15 is 0 Å². The number of hydrogen-bond acceptors (Lipinski definition) is 4. The van der Waals surface area contributed by atoms with Crippen molar-refractivity contribution in [2.75, 3.05) is 6.61 Å². The Labute approximate surface area is 233 Å². The van der Waals surface area contributed by atoms with Crippen molar-refractivity contribution in [2.45, 2.75) is 150 Å². The largest absolute Gasteiger partial charge is 0.462 e. The predicted octanol–water partition coefficient (Wildman–Crippen LogP) is 8.56. The van der Waals surface area contributed by atoms with Gasteiger partial charge in [0.05, 0.1) is 6.10 Å². The summed E-state index contributed by atoms with van der Waals surface area (Å²) in [5.41, 5.74) is 1.01. The summed E-state index contributed by atoms with van der Waals surface area (Å²) in [5, 5.41) is 0. The highest BCUT2D eigenvalue weighted by Gasteiger charge is 2.60. The number of esters is 1. The monoisotopic (exact) mass is 530 g/mol. The van der Waals surface area contributed by atoms with Crippen LogP contribution >= 0.6 is 0 Å². The Morgan fingerprint density at radius 2 is 1.66 bits per heavy atom. The van der Waals surface area contributed by atoms with Gasteiger partial charge < -0.3 is 14.2 Å². The molecule has 1 aliphatic heterocycles. The molecule has 1 unspecified atom stereocenters. The molecule has 0 aromatic carbocycles. The second-order valence-electron chi connectivity index (χ2n) is 15.2. The van der Waals surface area contributed by atoms with Crippen molar-refractivity contribution in [1.29, 1.82) is 0 Å². The van der Waals surface area contributed by atoms with Gasteiger partial charge in [0.1, 0.15) is 6.10 Å². The van der Waals surface area contributed by atoms with E-state index in [-0.39, 0.29) is 18.4 Å². The molecule has 4 heteroatoms. The van der Waals surface area contributed by atoms with E-state index in [0.29, 0.717) is 28.8 Å². The summed E-state index contributed by atoms with van der Waals surface area (Å²) < 4.78 is 18.1. The van der Waals surface area contributed by atoms with Crippen molar-refractivity contribution in [3.63, 3.8) is 0 Å². The molecular formula is C34H58O4. The summed E-state index contributed by atoms with van der Waals surface area (Å²) in [6, 6.07) is 0. The zero-order valence-corrected chi connectivity index (χ0v) is 25.5. The van der Waals surface area contributed by atoms with Gasteiger partial charge in [0.15, 0.2) is 6.29 Å². The van der Waals surface area contributed by atoms with Gasteiger partial charge in [-0.05, 0) is 142 Å². The van der Waals surface area contributed by atoms with Crippen LogP contribution in [0.4, 0.5) is 0 Å². The first-order valence-electron chi connectivity index (χ1n) is 16.6. The van der Waals surface area contributed by atoms with Crippen molar-refractivity contribution >= 4 is 5.97 Å². The van der Waals surface area contributed by atoms with Gasteiger partial charge in [0.2, 0.25) is 0 Å². The number of carbonyl (C=O) groups excluding carboxylic acids is 1.